The summed E-state index contributed by atoms with van der Waals surface area (Å²) in [6.07, 6.45) is 4.30. The Balaban J connectivity index is 1.93. The van der Waals surface area contributed by atoms with E-state index in [2.05, 4.69) is 4.98 Å². The van der Waals surface area contributed by atoms with Crippen LogP contribution in [0.3, 0.4) is 0 Å². The molecule has 0 atom stereocenters. The number of carbonyl (C=O) groups is 1. The van der Waals surface area contributed by atoms with Crippen LogP contribution in [0.4, 0.5) is 10.1 Å². The van der Waals surface area contributed by atoms with Gasteiger partial charge in [0.15, 0.2) is 0 Å². The van der Waals surface area contributed by atoms with E-state index in [-0.39, 0.29) is 11.7 Å². The molecule has 0 aliphatic carbocycles. The third kappa shape index (κ3) is 3.61. The molecule has 98 valence electrons. The Bertz CT molecular complexity index is 540. The van der Waals surface area contributed by atoms with Gasteiger partial charge >= 0.3 is 0 Å². The molecule has 3 nitrogen and oxygen atoms in total. The molecule has 2 rings (SSSR count). The summed E-state index contributed by atoms with van der Waals surface area (Å²) in [7, 11) is 1.74. The predicted octanol–water partition coefficient (Wildman–Crippen LogP) is 2.82. The zero-order chi connectivity index (χ0) is 13.7. The molecule has 0 saturated heterocycles. The second kappa shape index (κ2) is 6.09. The lowest BCUT2D eigenvalue weighted by molar-refractivity contribution is -0.118. The second-order valence-corrected chi connectivity index (χ2v) is 4.28. The average Bonchev–Trinajstić information content (AvgIpc) is 2.46. The van der Waals surface area contributed by atoms with Crippen molar-refractivity contribution in [1.29, 1.82) is 0 Å². The van der Waals surface area contributed by atoms with Crippen LogP contribution in [-0.2, 0) is 11.2 Å². The van der Waals surface area contributed by atoms with Crippen molar-refractivity contribution in [3.8, 4) is 0 Å². The molecule has 0 radical (unpaired) electrons. The lowest BCUT2D eigenvalue weighted by atomic mass is 10.1. The monoisotopic (exact) mass is 258 g/mol. The Morgan fingerprint density at radius 2 is 1.79 bits per heavy atom. The van der Waals surface area contributed by atoms with Gasteiger partial charge in [0.2, 0.25) is 5.91 Å². The molecule has 0 aliphatic rings. The highest BCUT2D eigenvalue weighted by Crippen LogP contribution is 2.12. The minimum atomic E-state index is -0.260. The highest BCUT2D eigenvalue weighted by molar-refractivity contribution is 5.92. The Hall–Kier alpha value is -2.23. The van der Waals surface area contributed by atoms with Crippen LogP contribution in [0, 0.1) is 5.82 Å². The van der Waals surface area contributed by atoms with Gasteiger partial charge in [-0.3, -0.25) is 9.78 Å². The van der Waals surface area contributed by atoms with E-state index in [1.807, 2.05) is 0 Å². The fraction of sp³-hybridized carbons (Fsp3) is 0.200. The molecule has 1 amide bonds. The third-order valence-electron chi connectivity index (χ3n) is 2.96. The summed E-state index contributed by atoms with van der Waals surface area (Å²) in [5.74, 6) is -0.237. The third-order valence-corrected chi connectivity index (χ3v) is 2.96. The number of anilines is 1. The van der Waals surface area contributed by atoms with Gasteiger partial charge in [-0.1, -0.05) is 12.1 Å². The minimum Gasteiger partial charge on any atom is -0.315 e. The second-order valence-electron chi connectivity index (χ2n) is 4.28. The van der Waals surface area contributed by atoms with Crippen LogP contribution in [0.25, 0.3) is 0 Å². The Kier molecular flexibility index (Phi) is 4.23. The van der Waals surface area contributed by atoms with Gasteiger partial charge in [-0.15, -0.1) is 0 Å². The number of amides is 1. The maximum atomic E-state index is 12.8. The Morgan fingerprint density at radius 1 is 1.16 bits per heavy atom. The number of hydrogen-bond acceptors (Lipinski definition) is 2. The largest absolute Gasteiger partial charge is 0.315 e. The van der Waals surface area contributed by atoms with Crippen molar-refractivity contribution < 1.29 is 9.18 Å². The van der Waals surface area contributed by atoms with Gasteiger partial charge in [0, 0.05) is 31.5 Å². The zero-order valence-corrected chi connectivity index (χ0v) is 10.7. The molecule has 1 aromatic heterocycles. The first-order chi connectivity index (χ1) is 9.16. The molecule has 4 heteroatoms. The summed E-state index contributed by atoms with van der Waals surface area (Å²) in [5.41, 5.74) is 1.77. The first-order valence-corrected chi connectivity index (χ1v) is 6.08. The van der Waals surface area contributed by atoms with E-state index in [1.165, 1.54) is 12.1 Å². The number of halogens is 1. The van der Waals surface area contributed by atoms with Gasteiger partial charge in [-0.05, 0) is 36.2 Å². The fourth-order valence-electron chi connectivity index (χ4n) is 1.78. The van der Waals surface area contributed by atoms with Crippen LogP contribution in [0.1, 0.15) is 12.0 Å². The summed E-state index contributed by atoms with van der Waals surface area (Å²) >= 11 is 0. The molecule has 19 heavy (non-hydrogen) atoms. The normalized spacial score (nSPS) is 10.2. The van der Waals surface area contributed by atoms with Gasteiger partial charge in [0.1, 0.15) is 5.82 Å². The van der Waals surface area contributed by atoms with Crippen LogP contribution in [0.5, 0.6) is 0 Å². The maximum Gasteiger partial charge on any atom is 0.227 e. The highest BCUT2D eigenvalue weighted by Gasteiger charge is 2.10. The topological polar surface area (TPSA) is 33.2 Å². The summed E-state index contributed by atoms with van der Waals surface area (Å²) in [5, 5.41) is 0. The molecule has 0 N–H and O–H groups in total. The first kappa shape index (κ1) is 13.2. The number of hydrogen-bond donors (Lipinski definition) is 0. The lowest BCUT2D eigenvalue weighted by Gasteiger charge is -2.16. The average molecular weight is 258 g/mol. The van der Waals surface area contributed by atoms with E-state index in [9.17, 15) is 9.18 Å². The molecule has 0 aliphatic heterocycles. The molecule has 1 heterocycles. The van der Waals surface area contributed by atoms with Crippen molar-refractivity contribution in [2.24, 2.45) is 0 Å². The fourth-order valence-corrected chi connectivity index (χ4v) is 1.78. The molecule has 0 unspecified atom stereocenters. The van der Waals surface area contributed by atoms with Gasteiger partial charge in [0.05, 0.1) is 0 Å². The van der Waals surface area contributed by atoms with E-state index in [0.29, 0.717) is 12.8 Å². The van der Waals surface area contributed by atoms with E-state index >= 15 is 0 Å². The smallest absolute Gasteiger partial charge is 0.227 e. The van der Waals surface area contributed by atoms with Crippen molar-refractivity contribution in [2.75, 3.05) is 11.9 Å². The highest BCUT2D eigenvalue weighted by atomic mass is 19.1. The van der Waals surface area contributed by atoms with Crippen LogP contribution in [0.2, 0.25) is 0 Å². The molecular formula is C15H15FN2O. The van der Waals surface area contributed by atoms with Crippen molar-refractivity contribution in [2.45, 2.75) is 12.8 Å². The standard InChI is InChI=1S/C15H15FN2O/c1-18(14-8-10-17-11-9-14)15(19)7-4-12-2-5-13(16)6-3-12/h2-3,5-6,8-11H,4,7H2,1H3. The van der Waals surface area contributed by atoms with Crippen LogP contribution in [-0.4, -0.2) is 17.9 Å². The van der Waals surface area contributed by atoms with Crippen molar-refractivity contribution in [1.82, 2.24) is 4.98 Å². The number of benzene rings is 1. The molecule has 0 saturated carbocycles. The lowest BCUT2D eigenvalue weighted by Crippen LogP contribution is -2.26. The molecule has 0 spiro atoms. The number of aryl methyl sites for hydroxylation is 1. The molecular weight excluding hydrogens is 243 g/mol. The number of rotatable bonds is 4. The molecule has 0 fully saturated rings. The minimum absolute atomic E-state index is 0.0236. The quantitative estimate of drug-likeness (QED) is 0.845. The van der Waals surface area contributed by atoms with Crippen LogP contribution < -0.4 is 4.90 Å². The summed E-state index contributed by atoms with van der Waals surface area (Å²) in [6.45, 7) is 0. The Morgan fingerprint density at radius 3 is 2.42 bits per heavy atom. The number of nitrogens with zero attached hydrogens (tertiary/aromatic N) is 2. The molecule has 0 bridgehead atoms. The van der Waals surface area contributed by atoms with Crippen molar-refractivity contribution in [3.63, 3.8) is 0 Å². The van der Waals surface area contributed by atoms with Gasteiger partial charge < -0.3 is 4.90 Å². The van der Waals surface area contributed by atoms with E-state index in [0.717, 1.165) is 11.3 Å². The number of carbonyl (C=O) groups excluding carboxylic acids is 1. The summed E-state index contributed by atoms with van der Waals surface area (Å²) in [6, 6.07) is 9.80. The molecule has 2 aromatic rings. The van der Waals surface area contributed by atoms with E-state index < -0.39 is 0 Å². The van der Waals surface area contributed by atoms with Crippen molar-refractivity contribution >= 4 is 11.6 Å². The van der Waals surface area contributed by atoms with Gasteiger partial charge in [-0.25, -0.2) is 4.39 Å². The number of aromatic nitrogens is 1. The zero-order valence-electron chi connectivity index (χ0n) is 10.7. The Labute approximate surface area is 111 Å². The summed E-state index contributed by atoms with van der Waals surface area (Å²) < 4.78 is 12.8. The van der Waals surface area contributed by atoms with E-state index in [4.69, 9.17) is 0 Å². The number of pyridine rings is 1. The SMILES string of the molecule is CN(C(=O)CCc1ccc(F)cc1)c1ccncc1. The van der Waals surface area contributed by atoms with Gasteiger partial charge in [-0.2, -0.15) is 0 Å². The predicted molar refractivity (Wildman–Crippen MR) is 72.4 cm³/mol. The van der Waals surface area contributed by atoms with E-state index in [1.54, 1.807) is 48.6 Å². The van der Waals surface area contributed by atoms with Crippen LogP contribution >= 0.6 is 0 Å². The first-order valence-electron chi connectivity index (χ1n) is 6.08. The van der Waals surface area contributed by atoms with Crippen LogP contribution in [0.15, 0.2) is 48.8 Å². The molecule has 1 aromatic carbocycles. The summed E-state index contributed by atoms with van der Waals surface area (Å²) in [4.78, 5) is 17.5. The van der Waals surface area contributed by atoms with Gasteiger partial charge in [0.25, 0.3) is 0 Å². The van der Waals surface area contributed by atoms with Crippen molar-refractivity contribution in [3.05, 3.63) is 60.2 Å². The maximum absolute atomic E-state index is 12.8.